The highest BCUT2D eigenvalue weighted by Crippen LogP contribution is 2.10. The number of hydrogen-bond acceptors (Lipinski definition) is 4. The summed E-state index contributed by atoms with van der Waals surface area (Å²) < 4.78 is 1.91. The van der Waals surface area contributed by atoms with E-state index in [0.717, 1.165) is 30.9 Å². The molecule has 0 bridgehead atoms. The Labute approximate surface area is 100 Å². The molecule has 2 aromatic rings. The summed E-state index contributed by atoms with van der Waals surface area (Å²) in [6.07, 6.45) is 2.54. The van der Waals surface area contributed by atoms with Crippen molar-refractivity contribution in [3.05, 3.63) is 42.0 Å². The average Bonchev–Trinajstić information content (AvgIpc) is 2.71. The van der Waals surface area contributed by atoms with E-state index in [9.17, 15) is 5.11 Å². The summed E-state index contributed by atoms with van der Waals surface area (Å²) in [5, 5.41) is 20.4. The Morgan fingerprint density at radius 1 is 1.41 bits per heavy atom. The molecule has 0 atom stereocenters. The van der Waals surface area contributed by atoms with Crippen LogP contribution in [0.25, 0.3) is 0 Å². The summed E-state index contributed by atoms with van der Waals surface area (Å²) >= 11 is 0. The molecule has 0 saturated heterocycles. The SMILES string of the molecule is Cn1cnnc1CCNCc1cccc(O)c1. The van der Waals surface area contributed by atoms with Crippen LogP contribution in [0.4, 0.5) is 0 Å². The predicted octanol–water partition coefficient (Wildman–Crippen LogP) is 0.853. The molecule has 0 unspecified atom stereocenters. The zero-order valence-corrected chi connectivity index (χ0v) is 9.80. The molecule has 5 nitrogen and oxygen atoms in total. The lowest BCUT2D eigenvalue weighted by Crippen LogP contribution is -2.18. The Balaban J connectivity index is 1.75. The van der Waals surface area contributed by atoms with Crippen LogP contribution in [0.15, 0.2) is 30.6 Å². The zero-order valence-electron chi connectivity index (χ0n) is 9.80. The van der Waals surface area contributed by atoms with Gasteiger partial charge < -0.3 is 15.0 Å². The molecular weight excluding hydrogens is 216 g/mol. The Bertz CT molecular complexity index is 481. The second-order valence-electron chi connectivity index (χ2n) is 3.95. The first-order valence-corrected chi connectivity index (χ1v) is 5.57. The Kier molecular flexibility index (Phi) is 3.72. The van der Waals surface area contributed by atoms with Crippen molar-refractivity contribution in [3.8, 4) is 5.75 Å². The number of aryl methyl sites for hydroxylation is 1. The molecule has 90 valence electrons. The first kappa shape index (κ1) is 11.6. The van der Waals surface area contributed by atoms with Crippen molar-refractivity contribution >= 4 is 0 Å². The van der Waals surface area contributed by atoms with Crippen LogP contribution in [0.2, 0.25) is 0 Å². The van der Waals surface area contributed by atoms with E-state index in [-0.39, 0.29) is 0 Å². The molecular formula is C12H16N4O. The quantitative estimate of drug-likeness (QED) is 0.750. The maximum atomic E-state index is 9.31. The highest BCUT2D eigenvalue weighted by Gasteiger charge is 1.99. The second-order valence-corrected chi connectivity index (χ2v) is 3.95. The van der Waals surface area contributed by atoms with E-state index in [4.69, 9.17) is 0 Å². The van der Waals surface area contributed by atoms with Crippen molar-refractivity contribution in [1.29, 1.82) is 0 Å². The van der Waals surface area contributed by atoms with Gasteiger partial charge in [-0.25, -0.2) is 0 Å². The van der Waals surface area contributed by atoms with Crippen molar-refractivity contribution in [3.63, 3.8) is 0 Å². The van der Waals surface area contributed by atoms with Crippen molar-refractivity contribution in [1.82, 2.24) is 20.1 Å². The van der Waals surface area contributed by atoms with Gasteiger partial charge in [-0.2, -0.15) is 0 Å². The number of hydrogen-bond donors (Lipinski definition) is 2. The predicted molar refractivity (Wildman–Crippen MR) is 64.5 cm³/mol. The molecule has 2 N–H and O–H groups in total. The second kappa shape index (κ2) is 5.45. The lowest BCUT2D eigenvalue weighted by atomic mass is 10.2. The van der Waals surface area contributed by atoms with Crippen molar-refractivity contribution in [2.24, 2.45) is 7.05 Å². The average molecular weight is 232 g/mol. The largest absolute Gasteiger partial charge is 0.508 e. The third-order valence-corrected chi connectivity index (χ3v) is 2.57. The number of phenolic OH excluding ortho intramolecular Hbond substituents is 1. The lowest BCUT2D eigenvalue weighted by Gasteiger charge is -2.05. The first-order valence-electron chi connectivity index (χ1n) is 5.57. The Morgan fingerprint density at radius 3 is 3.00 bits per heavy atom. The summed E-state index contributed by atoms with van der Waals surface area (Å²) in [6, 6.07) is 7.25. The van der Waals surface area contributed by atoms with E-state index < -0.39 is 0 Å². The molecule has 0 spiro atoms. The first-order chi connectivity index (χ1) is 8.25. The minimum Gasteiger partial charge on any atom is -0.508 e. The fourth-order valence-corrected chi connectivity index (χ4v) is 1.63. The highest BCUT2D eigenvalue weighted by molar-refractivity contribution is 5.26. The van der Waals surface area contributed by atoms with Gasteiger partial charge in [0.2, 0.25) is 0 Å². The van der Waals surface area contributed by atoms with Crippen LogP contribution >= 0.6 is 0 Å². The number of nitrogens with one attached hydrogen (secondary N) is 1. The van der Waals surface area contributed by atoms with Gasteiger partial charge in [-0.1, -0.05) is 12.1 Å². The molecule has 0 amide bonds. The van der Waals surface area contributed by atoms with E-state index in [1.807, 2.05) is 23.7 Å². The third-order valence-electron chi connectivity index (χ3n) is 2.57. The number of nitrogens with zero attached hydrogens (tertiary/aromatic N) is 3. The smallest absolute Gasteiger partial charge is 0.133 e. The van der Waals surface area contributed by atoms with Gasteiger partial charge in [-0.15, -0.1) is 10.2 Å². The molecule has 0 fully saturated rings. The molecule has 5 heteroatoms. The number of rotatable bonds is 5. The van der Waals surface area contributed by atoms with Gasteiger partial charge in [-0.3, -0.25) is 0 Å². The number of phenols is 1. The normalized spacial score (nSPS) is 10.6. The fraction of sp³-hybridized carbons (Fsp3) is 0.333. The molecule has 1 aromatic heterocycles. The van der Waals surface area contributed by atoms with Crippen molar-refractivity contribution in [2.75, 3.05) is 6.54 Å². The van der Waals surface area contributed by atoms with E-state index in [1.54, 1.807) is 18.5 Å². The van der Waals surface area contributed by atoms with Crippen molar-refractivity contribution < 1.29 is 5.11 Å². The minimum atomic E-state index is 0.303. The van der Waals surface area contributed by atoms with E-state index in [0.29, 0.717) is 5.75 Å². The van der Waals surface area contributed by atoms with Gasteiger partial charge in [0.1, 0.15) is 17.9 Å². The summed E-state index contributed by atoms with van der Waals surface area (Å²) in [7, 11) is 1.94. The number of benzene rings is 1. The van der Waals surface area contributed by atoms with Crippen LogP contribution in [0.5, 0.6) is 5.75 Å². The zero-order chi connectivity index (χ0) is 12.1. The minimum absolute atomic E-state index is 0.303. The molecule has 2 rings (SSSR count). The lowest BCUT2D eigenvalue weighted by molar-refractivity contribution is 0.474. The van der Waals surface area contributed by atoms with Crippen LogP contribution < -0.4 is 5.32 Å². The number of aromatic nitrogens is 3. The molecule has 1 heterocycles. The van der Waals surface area contributed by atoms with Crippen LogP contribution in [0, 0.1) is 0 Å². The molecule has 0 aliphatic heterocycles. The van der Waals surface area contributed by atoms with Gasteiger partial charge in [0.05, 0.1) is 0 Å². The van der Waals surface area contributed by atoms with E-state index in [2.05, 4.69) is 15.5 Å². The van der Waals surface area contributed by atoms with Gasteiger partial charge in [0.25, 0.3) is 0 Å². The van der Waals surface area contributed by atoms with Crippen LogP contribution in [-0.2, 0) is 20.0 Å². The van der Waals surface area contributed by atoms with Gasteiger partial charge in [-0.05, 0) is 17.7 Å². The third kappa shape index (κ3) is 3.29. The fourth-order valence-electron chi connectivity index (χ4n) is 1.63. The van der Waals surface area contributed by atoms with Gasteiger partial charge >= 0.3 is 0 Å². The Hall–Kier alpha value is -1.88. The summed E-state index contributed by atoms with van der Waals surface area (Å²) in [5.74, 6) is 1.27. The van der Waals surface area contributed by atoms with E-state index in [1.165, 1.54) is 0 Å². The highest BCUT2D eigenvalue weighted by atomic mass is 16.3. The van der Waals surface area contributed by atoms with Crippen LogP contribution in [0.3, 0.4) is 0 Å². The summed E-state index contributed by atoms with van der Waals surface area (Å²) in [6.45, 7) is 1.58. The summed E-state index contributed by atoms with van der Waals surface area (Å²) in [4.78, 5) is 0. The number of aromatic hydroxyl groups is 1. The standard InChI is InChI=1S/C12H16N4O/c1-16-9-14-15-12(16)5-6-13-8-10-3-2-4-11(17)7-10/h2-4,7,9,13,17H,5-6,8H2,1H3. The van der Waals surface area contributed by atoms with Gasteiger partial charge in [0, 0.05) is 26.6 Å². The van der Waals surface area contributed by atoms with E-state index >= 15 is 0 Å². The maximum absolute atomic E-state index is 9.31. The molecule has 1 aromatic carbocycles. The van der Waals surface area contributed by atoms with Gasteiger partial charge in [0.15, 0.2) is 0 Å². The molecule has 0 aliphatic carbocycles. The molecule has 17 heavy (non-hydrogen) atoms. The monoisotopic (exact) mass is 232 g/mol. The topological polar surface area (TPSA) is 63.0 Å². The summed E-state index contributed by atoms with van der Waals surface area (Å²) in [5.41, 5.74) is 1.07. The van der Waals surface area contributed by atoms with Crippen LogP contribution in [-0.4, -0.2) is 26.4 Å². The molecule has 0 saturated carbocycles. The maximum Gasteiger partial charge on any atom is 0.133 e. The van der Waals surface area contributed by atoms with Crippen molar-refractivity contribution in [2.45, 2.75) is 13.0 Å². The Morgan fingerprint density at radius 2 is 2.29 bits per heavy atom. The van der Waals surface area contributed by atoms with Crippen LogP contribution in [0.1, 0.15) is 11.4 Å². The molecule has 0 aliphatic rings. The molecule has 0 radical (unpaired) electrons.